The van der Waals surface area contributed by atoms with Gasteiger partial charge in [0.1, 0.15) is 5.82 Å². The van der Waals surface area contributed by atoms with E-state index < -0.39 is 0 Å². The number of ether oxygens (including phenoxy) is 2. The lowest BCUT2D eigenvalue weighted by Crippen LogP contribution is -2.24. The molecule has 1 aromatic carbocycles. The smallest absolute Gasteiger partial charge is 0.258 e. The molecule has 0 bridgehead atoms. The van der Waals surface area contributed by atoms with Crippen LogP contribution in [-0.4, -0.2) is 49.3 Å². The first-order chi connectivity index (χ1) is 12.9. The summed E-state index contributed by atoms with van der Waals surface area (Å²) < 4.78 is 10.9. The van der Waals surface area contributed by atoms with Crippen molar-refractivity contribution in [2.75, 3.05) is 28.4 Å². The molecule has 0 fully saturated rings. The molecule has 2 rings (SSSR count). The Morgan fingerprint density at radius 1 is 1.19 bits per heavy atom. The van der Waals surface area contributed by atoms with Crippen LogP contribution in [0.25, 0.3) is 10.9 Å². The number of aryl methyl sites for hydroxylation is 2. The molecule has 0 atom stereocenters. The fraction of sp³-hybridized carbons (Fsp3) is 0.526. The minimum atomic E-state index is -0.201. The Balaban J connectivity index is 2.21. The summed E-state index contributed by atoms with van der Waals surface area (Å²) in [7, 11) is 6.18. The molecule has 148 valence electrons. The summed E-state index contributed by atoms with van der Waals surface area (Å²) in [5.41, 5.74) is 1.28. The molecule has 0 spiro atoms. The molecule has 0 aliphatic carbocycles. The van der Waals surface area contributed by atoms with E-state index in [9.17, 15) is 9.59 Å². The average Bonchev–Trinajstić information content (AvgIpc) is 2.66. The van der Waals surface area contributed by atoms with Crippen LogP contribution in [0.4, 0.5) is 0 Å². The monoisotopic (exact) mass is 377 g/mol. The van der Waals surface area contributed by atoms with Crippen LogP contribution in [0.5, 0.6) is 11.5 Å². The van der Waals surface area contributed by atoms with E-state index in [2.05, 4.69) is 9.97 Å². The Bertz CT molecular complexity index is 863. The predicted molar refractivity (Wildman–Crippen MR) is 102 cm³/mol. The summed E-state index contributed by atoms with van der Waals surface area (Å²) in [4.78, 5) is 36.2. The Hall–Kier alpha value is -2.61. The first-order valence-electron chi connectivity index (χ1n) is 8.88. The van der Waals surface area contributed by atoms with Crippen LogP contribution in [0.3, 0.4) is 0 Å². The van der Waals surface area contributed by atoms with Gasteiger partial charge in [0, 0.05) is 19.0 Å². The number of hydrogen-bond donors (Lipinski definition) is 1. The Labute approximate surface area is 158 Å². The number of amides is 1. The number of hydroxylamine groups is 2. The minimum Gasteiger partial charge on any atom is -0.493 e. The number of fused-ring (bicyclic) bond motifs is 1. The van der Waals surface area contributed by atoms with Crippen molar-refractivity contribution in [3.63, 3.8) is 0 Å². The van der Waals surface area contributed by atoms with Gasteiger partial charge in [-0.2, -0.15) is 0 Å². The van der Waals surface area contributed by atoms with Gasteiger partial charge in [-0.15, -0.1) is 0 Å². The molecule has 1 N–H and O–H groups in total. The normalized spacial score (nSPS) is 10.9. The molecule has 27 heavy (non-hydrogen) atoms. The van der Waals surface area contributed by atoms with Crippen LogP contribution in [0.15, 0.2) is 10.9 Å². The maximum Gasteiger partial charge on any atom is 0.258 e. The molecule has 8 heteroatoms. The van der Waals surface area contributed by atoms with E-state index in [-0.39, 0.29) is 11.5 Å². The van der Waals surface area contributed by atoms with Crippen molar-refractivity contribution in [3.8, 4) is 11.5 Å². The number of H-pyrrole nitrogens is 1. The fourth-order valence-electron chi connectivity index (χ4n) is 3.03. The molecule has 0 radical (unpaired) electrons. The van der Waals surface area contributed by atoms with Crippen LogP contribution in [-0.2, 0) is 16.1 Å². The van der Waals surface area contributed by atoms with Crippen molar-refractivity contribution < 1.29 is 19.1 Å². The van der Waals surface area contributed by atoms with E-state index in [1.165, 1.54) is 12.2 Å². The van der Waals surface area contributed by atoms with Gasteiger partial charge in [0.25, 0.3) is 5.56 Å². The molecule has 0 aliphatic rings. The maximum absolute atomic E-state index is 12.3. The molecule has 1 heterocycles. The zero-order chi connectivity index (χ0) is 20.0. The van der Waals surface area contributed by atoms with Gasteiger partial charge in [0.15, 0.2) is 11.5 Å². The second-order valence-electron chi connectivity index (χ2n) is 6.27. The van der Waals surface area contributed by atoms with Crippen molar-refractivity contribution in [1.82, 2.24) is 15.0 Å². The van der Waals surface area contributed by atoms with Crippen molar-refractivity contribution in [2.45, 2.75) is 39.0 Å². The van der Waals surface area contributed by atoms with Gasteiger partial charge in [-0.3, -0.25) is 14.4 Å². The van der Waals surface area contributed by atoms with Crippen LogP contribution in [0.2, 0.25) is 0 Å². The Morgan fingerprint density at radius 2 is 1.93 bits per heavy atom. The van der Waals surface area contributed by atoms with Gasteiger partial charge in [-0.25, -0.2) is 10.0 Å². The lowest BCUT2D eigenvalue weighted by molar-refractivity contribution is -0.168. The largest absolute Gasteiger partial charge is 0.493 e. The first kappa shape index (κ1) is 20.7. The third-order valence-corrected chi connectivity index (χ3v) is 4.50. The molecule has 1 aromatic heterocycles. The highest BCUT2D eigenvalue weighted by Gasteiger charge is 2.18. The highest BCUT2D eigenvalue weighted by molar-refractivity contribution is 5.86. The number of carbonyl (C=O) groups is 1. The highest BCUT2D eigenvalue weighted by atomic mass is 16.7. The molecule has 0 aliphatic heterocycles. The highest BCUT2D eigenvalue weighted by Crippen LogP contribution is 2.36. The summed E-state index contributed by atoms with van der Waals surface area (Å²) in [5, 5.41) is 1.71. The number of nitrogens with zero attached hydrogens (tertiary/aromatic N) is 2. The number of rotatable bonds is 9. The summed E-state index contributed by atoms with van der Waals surface area (Å²) in [6, 6.07) is 1.65. The lowest BCUT2D eigenvalue weighted by Gasteiger charge is -2.16. The summed E-state index contributed by atoms with van der Waals surface area (Å²) >= 11 is 0. The van der Waals surface area contributed by atoms with Crippen molar-refractivity contribution in [3.05, 3.63) is 27.8 Å². The van der Waals surface area contributed by atoms with Crippen molar-refractivity contribution >= 4 is 16.8 Å². The molecule has 8 nitrogen and oxygen atoms in total. The van der Waals surface area contributed by atoms with Crippen LogP contribution >= 0.6 is 0 Å². The van der Waals surface area contributed by atoms with E-state index in [1.807, 2.05) is 0 Å². The Kier molecular flexibility index (Phi) is 7.18. The summed E-state index contributed by atoms with van der Waals surface area (Å²) in [5.74, 6) is 1.60. The average molecular weight is 377 g/mol. The number of benzene rings is 1. The third-order valence-electron chi connectivity index (χ3n) is 4.50. The Morgan fingerprint density at radius 3 is 2.56 bits per heavy atom. The molecule has 1 amide bonds. The van der Waals surface area contributed by atoms with Gasteiger partial charge in [-0.1, -0.05) is 6.42 Å². The van der Waals surface area contributed by atoms with E-state index in [0.29, 0.717) is 41.1 Å². The topological polar surface area (TPSA) is 93.8 Å². The van der Waals surface area contributed by atoms with Crippen LogP contribution < -0.4 is 15.0 Å². The van der Waals surface area contributed by atoms with Gasteiger partial charge < -0.3 is 14.5 Å². The first-order valence-corrected chi connectivity index (χ1v) is 8.88. The van der Waals surface area contributed by atoms with E-state index in [1.54, 1.807) is 34.3 Å². The summed E-state index contributed by atoms with van der Waals surface area (Å²) in [6.45, 7) is 1.75. The molecule has 0 saturated heterocycles. The quantitative estimate of drug-likeness (QED) is 0.533. The van der Waals surface area contributed by atoms with E-state index >= 15 is 0 Å². The second-order valence-corrected chi connectivity index (χ2v) is 6.27. The predicted octanol–water partition coefficient (Wildman–Crippen LogP) is 2.37. The number of carbonyl (C=O) groups excluding carboxylic acids is 1. The van der Waals surface area contributed by atoms with Gasteiger partial charge in [0.2, 0.25) is 5.91 Å². The maximum atomic E-state index is 12.3. The van der Waals surface area contributed by atoms with Gasteiger partial charge >= 0.3 is 0 Å². The zero-order valence-corrected chi connectivity index (χ0v) is 16.5. The molecular formula is C19H27N3O5. The molecular weight excluding hydrogens is 350 g/mol. The molecule has 2 aromatic rings. The van der Waals surface area contributed by atoms with E-state index in [4.69, 9.17) is 14.3 Å². The third kappa shape index (κ3) is 4.77. The number of hydrogen-bond acceptors (Lipinski definition) is 6. The number of unbranched alkanes of at least 4 members (excludes halogenated alkanes) is 2. The number of aromatic nitrogens is 2. The van der Waals surface area contributed by atoms with Crippen molar-refractivity contribution in [1.29, 1.82) is 0 Å². The molecule has 0 saturated carbocycles. The number of methoxy groups -OCH3 is 2. The van der Waals surface area contributed by atoms with Gasteiger partial charge in [-0.05, 0) is 32.3 Å². The standard InChI is InChI=1S/C19H27N3O5/c1-12-20-17-13(9-7-6-8-10-16(23)22(2)27-5)18(26-4)15(25-3)11-14(17)19(24)21-12/h11H,6-10H2,1-5H3,(H,20,21,24). The zero-order valence-electron chi connectivity index (χ0n) is 16.5. The molecule has 0 unspecified atom stereocenters. The SMILES string of the molecule is COc1cc2c(=O)[nH]c(C)nc2c(CCCCCC(=O)N(C)OC)c1OC. The van der Waals surface area contributed by atoms with Crippen LogP contribution in [0.1, 0.15) is 37.1 Å². The fourth-order valence-corrected chi connectivity index (χ4v) is 3.03. The number of nitrogens with one attached hydrogen (secondary N) is 1. The minimum absolute atomic E-state index is 0.0502. The second kappa shape index (κ2) is 9.36. The lowest BCUT2D eigenvalue weighted by atomic mass is 10.0. The van der Waals surface area contributed by atoms with Gasteiger partial charge in [0.05, 0.1) is 32.2 Å². The summed E-state index contributed by atoms with van der Waals surface area (Å²) in [6.07, 6.45) is 3.53. The van der Waals surface area contributed by atoms with Crippen LogP contribution in [0, 0.1) is 6.92 Å². The number of aromatic amines is 1. The van der Waals surface area contributed by atoms with E-state index in [0.717, 1.165) is 24.8 Å². The van der Waals surface area contributed by atoms with Crippen molar-refractivity contribution in [2.24, 2.45) is 0 Å².